The van der Waals surface area contributed by atoms with Crippen molar-refractivity contribution >= 4 is 0 Å². The molecule has 0 aliphatic heterocycles. The monoisotopic (exact) mass is 158 g/mol. The molecule has 0 saturated heterocycles. The number of hydrogen-bond acceptors (Lipinski definition) is 1. The van der Waals surface area contributed by atoms with Crippen LogP contribution in [-0.2, 0) is 0 Å². The van der Waals surface area contributed by atoms with Crippen LogP contribution in [-0.4, -0.2) is 10.7 Å². The fraction of sp³-hybridized carbons (Fsp3) is 1.00. The van der Waals surface area contributed by atoms with Gasteiger partial charge in [-0.2, -0.15) is 0 Å². The first-order valence-electron chi connectivity index (χ1n) is 4.91. The summed E-state index contributed by atoms with van der Waals surface area (Å²) in [5.74, 6) is 0. The molecule has 0 rings (SSSR count). The summed E-state index contributed by atoms with van der Waals surface area (Å²) in [5.41, 5.74) is -0.366. The molecule has 0 aromatic rings. The van der Waals surface area contributed by atoms with Gasteiger partial charge >= 0.3 is 0 Å². The smallest absolute Gasteiger partial charge is 0.0642 e. The van der Waals surface area contributed by atoms with Crippen molar-refractivity contribution in [2.24, 2.45) is 0 Å². The number of aliphatic hydroxyl groups is 1. The maximum atomic E-state index is 9.86. The van der Waals surface area contributed by atoms with E-state index in [9.17, 15) is 5.11 Å². The van der Waals surface area contributed by atoms with Crippen LogP contribution in [0.4, 0.5) is 0 Å². The predicted molar refractivity (Wildman–Crippen MR) is 49.7 cm³/mol. The van der Waals surface area contributed by atoms with E-state index in [1.165, 1.54) is 19.3 Å². The highest BCUT2D eigenvalue weighted by atomic mass is 16.3. The number of hydrogen-bond donors (Lipinski definition) is 1. The fourth-order valence-corrected chi connectivity index (χ4v) is 1.31. The third kappa shape index (κ3) is 4.41. The third-order valence-corrected chi connectivity index (χ3v) is 2.56. The van der Waals surface area contributed by atoms with Crippen molar-refractivity contribution < 1.29 is 5.11 Å². The first-order valence-corrected chi connectivity index (χ1v) is 4.91. The van der Waals surface area contributed by atoms with Crippen molar-refractivity contribution in [3.8, 4) is 0 Å². The van der Waals surface area contributed by atoms with Gasteiger partial charge < -0.3 is 5.11 Å². The van der Waals surface area contributed by atoms with Crippen LogP contribution in [0, 0.1) is 0 Å². The minimum absolute atomic E-state index is 0.366. The van der Waals surface area contributed by atoms with Gasteiger partial charge in [-0.15, -0.1) is 0 Å². The van der Waals surface area contributed by atoms with Crippen LogP contribution in [0.5, 0.6) is 0 Å². The molecule has 0 fully saturated rings. The summed E-state index contributed by atoms with van der Waals surface area (Å²) in [6, 6.07) is 0. The lowest BCUT2D eigenvalue weighted by atomic mass is 9.91. The summed E-state index contributed by atoms with van der Waals surface area (Å²) < 4.78 is 0. The molecule has 0 amide bonds. The first-order chi connectivity index (χ1) is 5.18. The van der Waals surface area contributed by atoms with Crippen LogP contribution in [0.2, 0.25) is 0 Å². The predicted octanol–water partition coefficient (Wildman–Crippen LogP) is 3.12. The van der Waals surface area contributed by atoms with E-state index in [2.05, 4.69) is 20.8 Å². The zero-order valence-corrected chi connectivity index (χ0v) is 8.19. The van der Waals surface area contributed by atoms with E-state index in [4.69, 9.17) is 0 Å². The van der Waals surface area contributed by atoms with Gasteiger partial charge in [-0.25, -0.2) is 0 Å². The van der Waals surface area contributed by atoms with E-state index in [1.807, 2.05) is 0 Å². The maximum Gasteiger partial charge on any atom is 0.0642 e. The highest BCUT2D eigenvalue weighted by Crippen LogP contribution is 2.22. The van der Waals surface area contributed by atoms with Crippen molar-refractivity contribution in [1.29, 1.82) is 0 Å². The average Bonchev–Trinajstić information content (AvgIpc) is 2.05. The minimum Gasteiger partial charge on any atom is -0.390 e. The molecule has 1 heteroatoms. The summed E-state index contributed by atoms with van der Waals surface area (Å²) in [7, 11) is 0. The van der Waals surface area contributed by atoms with E-state index in [0.29, 0.717) is 0 Å². The standard InChI is InChI=1S/C10H22O/c1-4-7-8-9-10(11,5-2)6-3/h11H,4-9H2,1-3H3. The molecular weight excluding hydrogens is 136 g/mol. The second kappa shape index (κ2) is 5.59. The molecule has 11 heavy (non-hydrogen) atoms. The van der Waals surface area contributed by atoms with Gasteiger partial charge in [0.1, 0.15) is 0 Å². The SMILES string of the molecule is CCCCCC(O)(CC)CC. The molecule has 0 aromatic carbocycles. The Balaban J connectivity index is 3.51. The van der Waals surface area contributed by atoms with Crippen molar-refractivity contribution in [1.82, 2.24) is 0 Å². The van der Waals surface area contributed by atoms with E-state index >= 15 is 0 Å². The first kappa shape index (κ1) is 11.0. The molecule has 0 aliphatic rings. The fourth-order valence-electron chi connectivity index (χ4n) is 1.31. The van der Waals surface area contributed by atoms with Gasteiger partial charge in [-0.1, -0.05) is 40.0 Å². The van der Waals surface area contributed by atoms with Gasteiger partial charge in [-0.3, -0.25) is 0 Å². The Morgan fingerprint density at radius 2 is 1.55 bits per heavy atom. The Morgan fingerprint density at radius 3 is 1.91 bits per heavy atom. The molecule has 1 nitrogen and oxygen atoms in total. The van der Waals surface area contributed by atoms with Crippen LogP contribution in [0.25, 0.3) is 0 Å². The molecule has 0 aliphatic carbocycles. The van der Waals surface area contributed by atoms with Crippen molar-refractivity contribution in [3.05, 3.63) is 0 Å². The summed E-state index contributed by atoms with van der Waals surface area (Å²) in [6.07, 6.45) is 6.44. The Bertz CT molecular complexity index is 84.9. The topological polar surface area (TPSA) is 20.2 Å². The molecule has 0 atom stereocenters. The Labute approximate surface area is 70.8 Å². The summed E-state index contributed by atoms with van der Waals surface area (Å²) >= 11 is 0. The van der Waals surface area contributed by atoms with Gasteiger partial charge in [0.15, 0.2) is 0 Å². The molecule has 0 saturated carbocycles. The van der Waals surface area contributed by atoms with Crippen LogP contribution >= 0.6 is 0 Å². The zero-order valence-electron chi connectivity index (χ0n) is 8.19. The molecule has 1 N–H and O–H groups in total. The normalized spacial score (nSPS) is 12.0. The highest BCUT2D eigenvalue weighted by molar-refractivity contribution is 4.74. The molecule has 0 aromatic heterocycles. The molecule has 0 spiro atoms. The van der Waals surface area contributed by atoms with Crippen molar-refractivity contribution in [3.63, 3.8) is 0 Å². The van der Waals surface area contributed by atoms with Gasteiger partial charge in [0.2, 0.25) is 0 Å². The van der Waals surface area contributed by atoms with Crippen LogP contribution in [0.1, 0.15) is 59.3 Å². The van der Waals surface area contributed by atoms with E-state index in [0.717, 1.165) is 19.3 Å². The molecular formula is C10H22O. The second-order valence-electron chi connectivity index (χ2n) is 3.39. The molecule has 0 heterocycles. The largest absolute Gasteiger partial charge is 0.390 e. The minimum atomic E-state index is -0.366. The second-order valence-corrected chi connectivity index (χ2v) is 3.39. The Hall–Kier alpha value is -0.0400. The van der Waals surface area contributed by atoms with Crippen LogP contribution in [0.3, 0.4) is 0 Å². The molecule has 0 unspecified atom stereocenters. The van der Waals surface area contributed by atoms with E-state index < -0.39 is 0 Å². The number of rotatable bonds is 6. The Morgan fingerprint density at radius 1 is 1.00 bits per heavy atom. The average molecular weight is 158 g/mol. The lowest BCUT2D eigenvalue weighted by Crippen LogP contribution is -2.26. The van der Waals surface area contributed by atoms with Gasteiger partial charge in [0, 0.05) is 0 Å². The highest BCUT2D eigenvalue weighted by Gasteiger charge is 2.20. The Kier molecular flexibility index (Phi) is 5.57. The summed E-state index contributed by atoms with van der Waals surface area (Å²) in [5, 5.41) is 9.86. The van der Waals surface area contributed by atoms with Crippen molar-refractivity contribution in [2.75, 3.05) is 0 Å². The lowest BCUT2D eigenvalue weighted by molar-refractivity contribution is 0.0212. The maximum absolute atomic E-state index is 9.86. The van der Waals surface area contributed by atoms with Crippen LogP contribution in [0.15, 0.2) is 0 Å². The van der Waals surface area contributed by atoms with Gasteiger partial charge in [0.05, 0.1) is 5.60 Å². The number of unbranched alkanes of at least 4 members (excludes halogenated alkanes) is 2. The van der Waals surface area contributed by atoms with E-state index in [1.54, 1.807) is 0 Å². The zero-order chi connectivity index (χ0) is 8.74. The summed E-state index contributed by atoms with van der Waals surface area (Å²) in [6.45, 7) is 6.32. The van der Waals surface area contributed by atoms with Gasteiger partial charge in [-0.05, 0) is 19.3 Å². The van der Waals surface area contributed by atoms with Crippen molar-refractivity contribution in [2.45, 2.75) is 64.9 Å². The van der Waals surface area contributed by atoms with Crippen LogP contribution < -0.4 is 0 Å². The quantitative estimate of drug-likeness (QED) is 0.589. The molecule has 68 valence electrons. The summed E-state index contributed by atoms with van der Waals surface area (Å²) in [4.78, 5) is 0. The lowest BCUT2D eigenvalue weighted by Gasteiger charge is -2.24. The molecule has 0 bridgehead atoms. The van der Waals surface area contributed by atoms with Gasteiger partial charge in [0.25, 0.3) is 0 Å². The molecule has 0 radical (unpaired) electrons. The van der Waals surface area contributed by atoms with E-state index in [-0.39, 0.29) is 5.60 Å². The third-order valence-electron chi connectivity index (χ3n) is 2.56.